The van der Waals surface area contributed by atoms with Crippen LogP contribution in [0.5, 0.6) is 0 Å². The Hall–Kier alpha value is -2.36. The number of anilines is 1. The zero-order valence-electron chi connectivity index (χ0n) is 8.44. The predicted octanol–water partition coefficient (Wildman–Crippen LogP) is 2.08. The van der Waals surface area contributed by atoms with Crippen LogP contribution in [-0.4, -0.2) is 17.2 Å². The molecule has 0 saturated carbocycles. The fourth-order valence-corrected chi connectivity index (χ4v) is 1.33. The molecule has 1 heterocycles. The molecular weight excluding hydrogens is 204 g/mol. The summed E-state index contributed by atoms with van der Waals surface area (Å²) in [6.07, 6.45) is 2.18. The van der Waals surface area contributed by atoms with Crippen LogP contribution in [0.15, 0.2) is 42.6 Å². The van der Waals surface area contributed by atoms with Crippen LogP contribution >= 0.6 is 0 Å². The summed E-state index contributed by atoms with van der Waals surface area (Å²) < 4.78 is 0. The second-order valence-corrected chi connectivity index (χ2v) is 3.28. The number of para-hydroxylation sites is 1. The number of carbonyl (C=O) groups excluding carboxylic acids is 2. The molecule has 0 aliphatic rings. The molecule has 2 aromatic rings. The minimum Gasteiger partial charge on any atom is -0.356 e. The summed E-state index contributed by atoms with van der Waals surface area (Å²) in [4.78, 5) is 24.9. The van der Waals surface area contributed by atoms with Crippen molar-refractivity contribution >= 4 is 17.9 Å². The van der Waals surface area contributed by atoms with Crippen molar-refractivity contribution in [3.63, 3.8) is 0 Å². The minimum absolute atomic E-state index is 0.265. The first kappa shape index (κ1) is 10.2. The van der Waals surface area contributed by atoms with Crippen molar-refractivity contribution in [2.45, 2.75) is 0 Å². The zero-order chi connectivity index (χ0) is 11.4. The zero-order valence-corrected chi connectivity index (χ0v) is 8.44. The molecule has 0 aliphatic heterocycles. The number of amides is 1. The second-order valence-electron chi connectivity index (χ2n) is 3.28. The standard InChI is InChI=1S/C12H10N2O2/c15-8-9-6-11(13-7-9)12(16)14-10-4-2-1-3-5-10/h1-8,13H,(H,14,16). The highest BCUT2D eigenvalue weighted by Crippen LogP contribution is 2.08. The molecule has 1 aromatic heterocycles. The number of hydrogen-bond donors (Lipinski definition) is 2. The Balaban J connectivity index is 2.11. The molecule has 0 bridgehead atoms. The molecule has 0 spiro atoms. The van der Waals surface area contributed by atoms with Crippen LogP contribution in [0.4, 0.5) is 5.69 Å². The smallest absolute Gasteiger partial charge is 0.272 e. The summed E-state index contributed by atoms with van der Waals surface area (Å²) in [5, 5.41) is 2.71. The molecule has 4 heteroatoms. The van der Waals surface area contributed by atoms with Crippen molar-refractivity contribution in [1.82, 2.24) is 4.98 Å². The Kier molecular flexibility index (Phi) is 2.82. The van der Waals surface area contributed by atoms with Crippen LogP contribution in [0.2, 0.25) is 0 Å². The van der Waals surface area contributed by atoms with E-state index in [1.807, 2.05) is 18.2 Å². The van der Waals surface area contributed by atoms with Crippen molar-refractivity contribution in [2.24, 2.45) is 0 Å². The highest BCUT2D eigenvalue weighted by Gasteiger charge is 2.07. The maximum absolute atomic E-state index is 11.7. The van der Waals surface area contributed by atoms with Gasteiger partial charge in [0.15, 0.2) is 6.29 Å². The normalized spacial score (nSPS) is 9.75. The minimum atomic E-state index is -0.265. The van der Waals surface area contributed by atoms with Gasteiger partial charge in [-0.2, -0.15) is 0 Å². The summed E-state index contributed by atoms with van der Waals surface area (Å²) in [7, 11) is 0. The first-order valence-electron chi connectivity index (χ1n) is 4.79. The molecule has 16 heavy (non-hydrogen) atoms. The van der Waals surface area contributed by atoms with Crippen molar-refractivity contribution < 1.29 is 9.59 Å². The third-order valence-corrected chi connectivity index (χ3v) is 2.12. The first-order chi connectivity index (χ1) is 7.79. The Labute approximate surface area is 92.3 Å². The number of H-pyrrole nitrogens is 1. The molecule has 80 valence electrons. The van der Waals surface area contributed by atoms with Crippen LogP contribution in [0.3, 0.4) is 0 Å². The fourth-order valence-electron chi connectivity index (χ4n) is 1.33. The Bertz CT molecular complexity index is 503. The van der Waals surface area contributed by atoms with Gasteiger partial charge >= 0.3 is 0 Å². The third-order valence-electron chi connectivity index (χ3n) is 2.12. The van der Waals surface area contributed by atoms with E-state index >= 15 is 0 Å². The average Bonchev–Trinajstić information content (AvgIpc) is 2.79. The number of hydrogen-bond acceptors (Lipinski definition) is 2. The number of aromatic nitrogens is 1. The van der Waals surface area contributed by atoms with Crippen molar-refractivity contribution in [3.8, 4) is 0 Å². The lowest BCUT2D eigenvalue weighted by Gasteiger charge is -2.02. The van der Waals surface area contributed by atoms with Crippen molar-refractivity contribution in [2.75, 3.05) is 5.32 Å². The van der Waals surface area contributed by atoms with Gasteiger partial charge in [-0.1, -0.05) is 18.2 Å². The summed E-state index contributed by atoms with van der Waals surface area (Å²) in [5.41, 5.74) is 1.54. The highest BCUT2D eigenvalue weighted by molar-refractivity contribution is 6.03. The molecule has 2 rings (SSSR count). The van der Waals surface area contributed by atoms with Gasteiger partial charge in [-0.15, -0.1) is 0 Å². The van der Waals surface area contributed by atoms with Gasteiger partial charge < -0.3 is 10.3 Å². The number of carbonyl (C=O) groups is 2. The lowest BCUT2D eigenvalue weighted by Crippen LogP contribution is -2.11. The molecule has 4 nitrogen and oxygen atoms in total. The lowest BCUT2D eigenvalue weighted by molar-refractivity contribution is 0.102. The van der Waals surface area contributed by atoms with Gasteiger partial charge in [0.1, 0.15) is 5.69 Å². The molecule has 2 N–H and O–H groups in total. The van der Waals surface area contributed by atoms with E-state index in [0.29, 0.717) is 17.5 Å². The summed E-state index contributed by atoms with van der Waals surface area (Å²) in [5.74, 6) is -0.265. The Morgan fingerprint density at radius 1 is 1.25 bits per heavy atom. The molecule has 0 atom stereocenters. The third kappa shape index (κ3) is 2.17. The lowest BCUT2D eigenvalue weighted by atomic mass is 10.3. The fraction of sp³-hybridized carbons (Fsp3) is 0. The molecule has 0 saturated heterocycles. The molecule has 0 radical (unpaired) electrons. The van der Waals surface area contributed by atoms with Crippen LogP contribution in [-0.2, 0) is 0 Å². The van der Waals surface area contributed by atoms with Gasteiger partial charge in [0.2, 0.25) is 0 Å². The Morgan fingerprint density at radius 2 is 2.00 bits per heavy atom. The van der Waals surface area contributed by atoms with Crippen LogP contribution in [0.25, 0.3) is 0 Å². The molecule has 1 amide bonds. The summed E-state index contributed by atoms with van der Waals surface area (Å²) >= 11 is 0. The van der Waals surface area contributed by atoms with E-state index in [2.05, 4.69) is 10.3 Å². The molecular formula is C12H10N2O2. The van der Waals surface area contributed by atoms with Crippen LogP contribution < -0.4 is 5.32 Å². The SMILES string of the molecule is O=Cc1c[nH]c(C(=O)Nc2ccccc2)c1. The summed E-state index contributed by atoms with van der Waals surface area (Å²) in [6, 6.07) is 10.6. The van der Waals surface area contributed by atoms with Gasteiger partial charge in [-0.3, -0.25) is 9.59 Å². The monoisotopic (exact) mass is 214 g/mol. The van der Waals surface area contributed by atoms with E-state index in [1.54, 1.807) is 12.1 Å². The van der Waals surface area contributed by atoms with E-state index < -0.39 is 0 Å². The van der Waals surface area contributed by atoms with Gasteiger partial charge in [-0.25, -0.2) is 0 Å². The molecule has 0 aliphatic carbocycles. The molecule has 1 aromatic carbocycles. The number of benzene rings is 1. The van der Waals surface area contributed by atoms with E-state index in [1.165, 1.54) is 12.3 Å². The first-order valence-corrected chi connectivity index (χ1v) is 4.79. The maximum Gasteiger partial charge on any atom is 0.272 e. The largest absolute Gasteiger partial charge is 0.356 e. The van der Waals surface area contributed by atoms with Gasteiger partial charge in [0, 0.05) is 17.4 Å². The second kappa shape index (κ2) is 4.44. The predicted molar refractivity (Wildman–Crippen MR) is 60.6 cm³/mol. The van der Waals surface area contributed by atoms with E-state index in [-0.39, 0.29) is 5.91 Å². The van der Waals surface area contributed by atoms with E-state index in [9.17, 15) is 9.59 Å². The van der Waals surface area contributed by atoms with Gasteiger partial charge in [0.05, 0.1) is 0 Å². The van der Waals surface area contributed by atoms with E-state index in [0.717, 1.165) is 5.69 Å². The molecule has 0 unspecified atom stereocenters. The highest BCUT2D eigenvalue weighted by atomic mass is 16.1. The van der Waals surface area contributed by atoms with Crippen molar-refractivity contribution in [3.05, 3.63) is 53.9 Å². The van der Waals surface area contributed by atoms with Crippen LogP contribution in [0, 0.1) is 0 Å². The Morgan fingerprint density at radius 3 is 2.62 bits per heavy atom. The number of aldehydes is 1. The van der Waals surface area contributed by atoms with Crippen LogP contribution in [0.1, 0.15) is 20.8 Å². The average molecular weight is 214 g/mol. The quantitative estimate of drug-likeness (QED) is 0.768. The maximum atomic E-state index is 11.7. The summed E-state index contributed by atoms with van der Waals surface area (Å²) in [6.45, 7) is 0. The van der Waals surface area contributed by atoms with Gasteiger partial charge in [-0.05, 0) is 18.2 Å². The van der Waals surface area contributed by atoms with E-state index in [4.69, 9.17) is 0 Å². The topological polar surface area (TPSA) is 62.0 Å². The molecule has 0 fully saturated rings. The number of rotatable bonds is 3. The number of aromatic amines is 1. The van der Waals surface area contributed by atoms with Crippen molar-refractivity contribution in [1.29, 1.82) is 0 Å². The van der Waals surface area contributed by atoms with Gasteiger partial charge in [0.25, 0.3) is 5.91 Å². The number of nitrogens with one attached hydrogen (secondary N) is 2.